The molecule has 0 aromatic heterocycles. The van der Waals surface area contributed by atoms with Crippen LogP contribution in [0.15, 0.2) is 18.2 Å². The highest BCUT2D eigenvalue weighted by molar-refractivity contribution is 5.98. The number of ether oxygens (including phenoxy) is 1. The van der Waals surface area contributed by atoms with Crippen molar-refractivity contribution < 1.29 is 15.0 Å². The number of nitrogens with one attached hydrogen (secondary N) is 1. The molecule has 23 heavy (non-hydrogen) atoms. The smallest absolute Gasteiger partial charge is 0.255 e. The number of hydrogen-bond donors (Lipinski definition) is 2. The number of methoxy groups -OCH3 is 1. The van der Waals surface area contributed by atoms with Crippen LogP contribution in [0.25, 0.3) is 0 Å². The van der Waals surface area contributed by atoms with Crippen LogP contribution in [0.4, 0.5) is 5.69 Å². The minimum absolute atomic E-state index is 0. The number of amides is 1. The largest absolute Gasteiger partial charge is 0.496 e. The van der Waals surface area contributed by atoms with Gasteiger partial charge in [0.05, 0.1) is 12.7 Å². The first-order chi connectivity index (χ1) is 9.63. The van der Waals surface area contributed by atoms with E-state index in [0.717, 1.165) is 32.5 Å². The number of carbonyl (C=O) groups is 1. The maximum Gasteiger partial charge on any atom is 0.255 e. The van der Waals surface area contributed by atoms with Gasteiger partial charge < -0.3 is 26.2 Å². The van der Waals surface area contributed by atoms with Crippen molar-refractivity contribution in [2.75, 3.05) is 32.5 Å². The molecule has 1 aliphatic heterocycles. The molecule has 0 spiro atoms. The van der Waals surface area contributed by atoms with Crippen molar-refractivity contribution in [2.24, 2.45) is 0 Å². The maximum atomic E-state index is 12.4. The number of benzene rings is 1. The van der Waals surface area contributed by atoms with E-state index in [0.29, 0.717) is 17.0 Å². The van der Waals surface area contributed by atoms with Crippen LogP contribution in [0.5, 0.6) is 5.75 Å². The number of hydrogen-bond acceptors (Lipinski definition) is 4. The van der Waals surface area contributed by atoms with Crippen molar-refractivity contribution in [2.45, 2.75) is 25.8 Å². The predicted molar refractivity (Wildman–Crippen MR) is 98.1 cm³/mol. The monoisotopic (exact) mass is 367 g/mol. The third kappa shape index (κ3) is 6.43. The Bertz CT molecular complexity index is 489. The minimum Gasteiger partial charge on any atom is -0.496 e. The highest BCUT2D eigenvalue weighted by atomic mass is 35.5. The van der Waals surface area contributed by atoms with Crippen LogP contribution < -0.4 is 15.8 Å². The van der Waals surface area contributed by atoms with E-state index in [2.05, 4.69) is 17.1 Å². The predicted octanol–water partition coefficient (Wildman–Crippen LogP) is 1.51. The van der Waals surface area contributed by atoms with E-state index in [1.54, 1.807) is 25.3 Å². The molecule has 1 atom stereocenters. The second-order valence-electron chi connectivity index (χ2n) is 5.17. The molecule has 8 heteroatoms. The molecule has 0 aliphatic carbocycles. The highest BCUT2D eigenvalue weighted by Crippen LogP contribution is 2.21. The molecular weight excluding hydrogens is 341 g/mol. The Balaban J connectivity index is 0. The number of nitrogens with two attached hydrogens (primary N) is 1. The van der Waals surface area contributed by atoms with Gasteiger partial charge in [0.15, 0.2) is 0 Å². The summed E-state index contributed by atoms with van der Waals surface area (Å²) in [6.45, 7) is 5.19. The quantitative estimate of drug-likeness (QED) is 0.787. The summed E-state index contributed by atoms with van der Waals surface area (Å²) >= 11 is 0. The molecule has 134 valence electrons. The molecule has 0 radical (unpaired) electrons. The lowest BCUT2D eigenvalue weighted by Gasteiger charge is -2.32. The van der Waals surface area contributed by atoms with E-state index in [9.17, 15) is 4.79 Å². The zero-order valence-electron chi connectivity index (χ0n) is 13.5. The molecule has 1 heterocycles. The number of rotatable bonds is 4. The molecule has 1 aromatic rings. The lowest BCUT2D eigenvalue weighted by Crippen LogP contribution is -2.47. The Kier molecular flexibility index (Phi) is 11.9. The summed E-state index contributed by atoms with van der Waals surface area (Å²) in [6, 6.07) is 5.31. The highest BCUT2D eigenvalue weighted by Gasteiger charge is 2.22. The summed E-state index contributed by atoms with van der Waals surface area (Å²) in [7, 11) is 1.56. The number of carbonyl (C=O) groups excluding carboxylic acids is 1. The number of anilines is 1. The summed E-state index contributed by atoms with van der Waals surface area (Å²) in [5.74, 6) is 0.442. The van der Waals surface area contributed by atoms with Crippen LogP contribution in [-0.2, 0) is 0 Å². The third-order valence-electron chi connectivity index (χ3n) is 3.76. The summed E-state index contributed by atoms with van der Waals surface area (Å²) < 4.78 is 5.23. The fourth-order valence-electron chi connectivity index (χ4n) is 2.63. The van der Waals surface area contributed by atoms with E-state index < -0.39 is 0 Å². The van der Waals surface area contributed by atoms with E-state index in [1.165, 1.54) is 0 Å². The van der Waals surface area contributed by atoms with Gasteiger partial charge in [-0.1, -0.05) is 6.92 Å². The Morgan fingerprint density at radius 1 is 1.43 bits per heavy atom. The topological polar surface area (TPSA) is 99.1 Å². The second kappa shape index (κ2) is 11.3. The van der Waals surface area contributed by atoms with E-state index in [4.69, 9.17) is 10.5 Å². The van der Waals surface area contributed by atoms with Gasteiger partial charge in [-0.15, -0.1) is 24.8 Å². The molecule has 1 aromatic carbocycles. The Morgan fingerprint density at radius 2 is 2.13 bits per heavy atom. The summed E-state index contributed by atoms with van der Waals surface area (Å²) in [6.07, 6.45) is 2.14. The first-order valence-corrected chi connectivity index (χ1v) is 7.10. The van der Waals surface area contributed by atoms with Crippen molar-refractivity contribution in [3.05, 3.63) is 23.8 Å². The van der Waals surface area contributed by atoms with E-state index >= 15 is 0 Å². The number of likely N-dealkylation sites (tertiary alicyclic amines) is 1. The first-order valence-electron chi connectivity index (χ1n) is 7.10. The molecule has 5 N–H and O–H groups in total. The Labute approximate surface area is 149 Å². The summed E-state index contributed by atoms with van der Waals surface area (Å²) in [5, 5.41) is 3.09. The zero-order valence-corrected chi connectivity index (χ0v) is 15.1. The van der Waals surface area contributed by atoms with Crippen molar-refractivity contribution in [3.8, 4) is 5.75 Å². The molecule has 1 saturated heterocycles. The standard InChI is InChI=1S/C15H23N3O2.2ClH.H2O/c1-3-18-8-4-5-12(10-18)17-15(19)13-9-11(16)6-7-14(13)20-2;;;/h6-7,9,12H,3-5,8,10,16H2,1-2H3,(H,17,19);2*1H;1H2. The van der Waals surface area contributed by atoms with Gasteiger partial charge in [0.25, 0.3) is 5.91 Å². The molecule has 1 fully saturated rings. The van der Waals surface area contributed by atoms with Gasteiger partial charge in [-0.3, -0.25) is 4.79 Å². The number of halogens is 2. The van der Waals surface area contributed by atoms with Crippen molar-refractivity contribution in [1.29, 1.82) is 0 Å². The van der Waals surface area contributed by atoms with E-state index in [1.807, 2.05) is 0 Å². The first kappa shape index (κ1) is 24.0. The van der Waals surface area contributed by atoms with Crippen LogP contribution >= 0.6 is 24.8 Å². The van der Waals surface area contributed by atoms with Crippen molar-refractivity contribution >= 4 is 36.4 Å². The maximum absolute atomic E-state index is 12.4. The SMILES string of the molecule is CCN1CCCC(NC(=O)c2cc(N)ccc2OC)C1.Cl.Cl.O. The Morgan fingerprint density at radius 3 is 2.74 bits per heavy atom. The normalized spacial score (nSPS) is 17.0. The van der Waals surface area contributed by atoms with Crippen molar-refractivity contribution in [1.82, 2.24) is 10.2 Å². The average Bonchev–Trinajstić information content (AvgIpc) is 2.47. The molecule has 1 aliphatic rings. The summed E-state index contributed by atoms with van der Waals surface area (Å²) in [4.78, 5) is 14.7. The van der Waals surface area contributed by atoms with Crippen LogP contribution in [0.3, 0.4) is 0 Å². The number of nitrogen functional groups attached to an aromatic ring is 1. The van der Waals surface area contributed by atoms with Crippen molar-refractivity contribution in [3.63, 3.8) is 0 Å². The molecule has 1 unspecified atom stereocenters. The van der Waals surface area contributed by atoms with Crippen LogP contribution in [-0.4, -0.2) is 49.1 Å². The number of nitrogens with zero attached hydrogens (tertiary/aromatic N) is 1. The van der Waals surface area contributed by atoms with Gasteiger partial charge >= 0.3 is 0 Å². The summed E-state index contributed by atoms with van der Waals surface area (Å²) in [5.41, 5.74) is 6.82. The minimum atomic E-state index is -0.114. The van der Waals surface area contributed by atoms with E-state index in [-0.39, 0.29) is 42.2 Å². The molecule has 0 bridgehead atoms. The van der Waals surface area contributed by atoms with Gasteiger partial charge in [0, 0.05) is 18.3 Å². The molecule has 6 nitrogen and oxygen atoms in total. The average molecular weight is 368 g/mol. The Hall–Kier alpha value is -1.21. The van der Waals surface area contributed by atoms with Crippen LogP contribution in [0, 0.1) is 0 Å². The lowest BCUT2D eigenvalue weighted by atomic mass is 10.0. The van der Waals surface area contributed by atoms with Gasteiger partial charge in [-0.05, 0) is 44.1 Å². The molecule has 2 rings (SSSR count). The van der Waals surface area contributed by atoms with Gasteiger partial charge in [0.1, 0.15) is 5.75 Å². The third-order valence-corrected chi connectivity index (χ3v) is 3.76. The fourth-order valence-corrected chi connectivity index (χ4v) is 2.63. The fraction of sp³-hybridized carbons (Fsp3) is 0.533. The van der Waals surface area contributed by atoms with Crippen LogP contribution in [0.1, 0.15) is 30.1 Å². The number of piperidine rings is 1. The van der Waals surface area contributed by atoms with Gasteiger partial charge in [0.2, 0.25) is 0 Å². The molecule has 1 amide bonds. The molecular formula is C15H27Cl2N3O3. The number of likely N-dealkylation sites (N-methyl/N-ethyl adjacent to an activating group) is 1. The second-order valence-corrected chi connectivity index (χ2v) is 5.17. The lowest BCUT2D eigenvalue weighted by molar-refractivity contribution is 0.0903. The zero-order chi connectivity index (χ0) is 14.5. The van der Waals surface area contributed by atoms with Gasteiger partial charge in [-0.25, -0.2) is 0 Å². The van der Waals surface area contributed by atoms with Gasteiger partial charge in [-0.2, -0.15) is 0 Å². The molecule has 0 saturated carbocycles. The van der Waals surface area contributed by atoms with Crippen LogP contribution in [0.2, 0.25) is 0 Å².